The summed E-state index contributed by atoms with van der Waals surface area (Å²) >= 11 is 1.33. The highest BCUT2D eigenvalue weighted by molar-refractivity contribution is 7.22. The SMILES string of the molecule is Cc1ccc2nc(N(/N=C/c3ccccc3)C(=O)c3cccc([N+](=O)[O-])c3)sc2c1. The summed E-state index contributed by atoms with van der Waals surface area (Å²) in [5, 5.41) is 17.1. The van der Waals surface area contributed by atoms with Crippen molar-refractivity contribution in [1.29, 1.82) is 0 Å². The maximum Gasteiger partial charge on any atom is 0.281 e. The van der Waals surface area contributed by atoms with Crippen molar-refractivity contribution in [3.05, 3.63) is 99.6 Å². The van der Waals surface area contributed by atoms with Gasteiger partial charge in [-0.05, 0) is 36.2 Å². The molecule has 4 rings (SSSR count). The normalized spacial score (nSPS) is 11.1. The van der Waals surface area contributed by atoms with Gasteiger partial charge in [-0.2, -0.15) is 10.1 Å². The van der Waals surface area contributed by atoms with E-state index < -0.39 is 10.8 Å². The number of nitro benzene ring substituents is 1. The molecule has 30 heavy (non-hydrogen) atoms. The van der Waals surface area contributed by atoms with E-state index in [1.807, 2.05) is 55.5 Å². The number of aromatic nitrogens is 1. The molecule has 0 radical (unpaired) electrons. The van der Waals surface area contributed by atoms with E-state index in [4.69, 9.17) is 0 Å². The van der Waals surface area contributed by atoms with E-state index in [0.29, 0.717) is 5.13 Å². The highest BCUT2D eigenvalue weighted by Gasteiger charge is 2.22. The summed E-state index contributed by atoms with van der Waals surface area (Å²) < 4.78 is 0.928. The van der Waals surface area contributed by atoms with Gasteiger partial charge in [0.25, 0.3) is 11.6 Å². The predicted molar refractivity (Wildman–Crippen MR) is 118 cm³/mol. The lowest BCUT2D eigenvalue weighted by atomic mass is 10.2. The number of fused-ring (bicyclic) bond motifs is 1. The maximum absolute atomic E-state index is 13.2. The number of amides is 1. The van der Waals surface area contributed by atoms with Crippen LogP contribution in [-0.4, -0.2) is 22.0 Å². The third kappa shape index (κ3) is 4.08. The number of carbonyl (C=O) groups excluding carboxylic acids is 1. The fourth-order valence-electron chi connectivity index (χ4n) is 2.84. The Morgan fingerprint density at radius 2 is 1.90 bits per heavy atom. The Balaban J connectivity index is 1.78. The number of carbonyl (C=O) groups is 1. The molecule has 1 heterocycles. The van der Waals surface area contributed by atoms with Crippen molar-refractivity contribution in [2.45, 2.75) is 6.92 Å². The van der Waals surface area contributed by atoms with Gasteiger partial charge in [-0.25, -0.2) is 4.98 Å². The first-order valence-corrected chi connectivity index (χ1v) is 9.88. The van der Waals surface area contributed by atoms with E-state index in [9.17, 15) is 14.9 Å². The first-order valence-electron chi connectivity index (χ1n) is 9.06. The van der Waals surface area contributed by atoms with E-state index in [0.717, 1.165) is 21.3 Å². The summed E-state index contributed by atoms with van der Waals surface area (Å²) in [6.45, 7) is 1.98. The van der Waals surface area contributed by atoms with Gasteiger partial charge in [0.2, 0.25) is 5.13 Å². The molecule has 0 atom stereocenters. The van der Waals surface area contributed by atoms with Crippen LogP contribution >= 0.6 is 11.3 Å². The zero-order valence-electron chi connectivity index (χ0n) is 15.9. The molecule has 0 spiro atoms. The average molecular weight is 416 g/mol. The van der Waals surface area contributed by atoms with Crippen molar-refractivity contribution in [1.82, 2.24) is 4.98 Å². The Morgan fingerprint density at radius 1 is 1.10 bits per heavy atom. The lowest BCUT2D eigenvalue weighted by Crippen LogP contribution is -2.25. The Labute approximate surface area is 176 Å². The third-order valence-corrected chi connectivity index (χ3v) is 5.33. The number of rotatable bonds is 5. The van der Waals surface area contributed by atoms with Gasteiger partial charge in [-0.15, -0.1) is 0 Å². The second-order valence-corrected chi connectivity index (χ2v) is 7.56. The van der Waals surface area contributed by atoms with Crippen LogP contribution in [0.15, 0.2) is 77.9 Å². The van der Waals surface area contributed by atoms with Crippen molar-refractivity contribution in [3.63, 3.8) is 0 Å². The van der Waals surface area contributed by atoms with Gasteiger partial charge >= 0.3 is 0 Å². The second kappa shape index (κ2) is 8.22. The molecule has 0 N–H and O–H groups in total. The highest BCUT2D eigenvalue weighted by atomic mass is 32.1. The summed E-state index contributed by atoms with van der Waals surface area (Å²) in [4.78, 5) is 28.4. The molecule has 3 aromatic carbocycles. The molecule has 1 amide bonds. The zero-order chi connectivity index (χ0) is 21.1. The lowest BCUT2D eigenvalue weighted by Gasteiger charge is -2.13. The van der Waals surface area contributed by atoms with E-state index in [-0.39, 0.29) is 11.3 Å². The lowest BCUT2D eigenvalue weighted by molar-refractivity contribution is -0.384. The molecule has 0 aliphatic rings. The summed E-state index contributed by atoms with van der Waals surface area (Å²) in [6, 6.07) is 20.8. The molecule has 4 aromatic rings. The first-order chi connectivity index (χ1) is 14.5. The number of nitrogens with zero attached hydrogens (tertiary/aromatic N) is 4. The number of nitro groups is 1. The molecule has 0 saturated carbocycles. The average Bonchev–Trinajstić information content (AvgIpc) is 3.17. The molecule has 1 aromatic heterocycles. The largest absolute Gasteiger partial charge is 0.281 e. The number of aryl methyl sites for hydroxylation is 1. The van der Waals surface area contributed by atoms with Gasteiger partial charge < -0.3 is 0 Å². The first kappa shape index (κ1) is 19.4. The van der Waals surface area contributed by atoms with Crippen molar-refractivity contribution in [2.24, 2.45) is 5.10 Å². The zero-order valence-corrected chi connectivity index (χ0v) is 16.7. The van der Waals surface area contributed by atoms with Crippen molar-refractivity contribution in [3.8, 4) is 0 Å². The standard InChI is InChI=1S/C22H16N4O3S/c1-15-10-11-19-20(12-15)30-22(24-19)25(23-14-16-6-3-2-4-7-16)21(27)17-8-5-9-18(13-17)26(28)29/h2-14H,1H3/b23-14+. The van der Waals surface area contributed by atoms with Crippen LogP contribution in [0.2, 0.25) is 0 Å². The molecule has 8 heteroatoms. The Hall–Kier alpha value is -3.91. The molecule has 0 bridgehead atoms. The van der Waals surface area contributed by atoms with Crippen LogP contribution in [0.1, 0.15) is 21.5 Å². The van der Waals surface area contributed by atoms with Crippen LogP contribution in [0.3, 0.4) is 0 Å². The van der Waals surface area contributed by atoms with Crippen LogP contribution in [0, 0.1) is 17.0 Å². The van der Waals surface area contributed by atoms with E-state index >= 15 is 0 Å². The monoisotopic (exact) mass is 416 g/mol. The summed E-state index contributed by atoms with van der Waals surface area (Å²) in [6.07, 6.45) is 1.56. The number of anilines is 1. The van der Waals surface area contributed by atoms with E-state index in [2.05, 4.69) is 10.1 Å². The Morgan fingerprint density at radius 3 is 2.67 bits per heavy atom. The van der Waals surface area contributed by atoms with Crippen LogP contribution in [0.5, 0.6) is 0 Å². The summed E-state index contributed by atoms with van der Waals surface area (Å²) in [7, 11) is 0. The van der Waals surface area contributed by atoms with Gasteiger partial charge in [0.15, 0.2) is 0 Å². The van der Waals surface area contributed by atoms with E-state index in [1.54, 1.807) is 6.21 Å². The topological polar surface area (TPSA) is 88.7 Å². The molecule has 0 saturated heterocycles. The fraction of sp³-hybridized carbons (Fsp3) is 0.0455. The number of non-ortho nitro benzene ring substituents is 1. The fourth-order valence-corrected chi connectivity index (χ4v) is 3.86. The molecular weight excluding hydrogens is 400 g/mol. The van der Waals surface area contributed by atoms with Crippen LogP contribution in [0.25, 0.3) is 10.2 Å². The molecule has 0 fully saturated rings. The third-order valence-electron chi connectivity index (χ3n) is 4.33. The molecule has 7 nitrogen and oxygen atoms in total. The van der Waals surface area contributed by atoms with Gasteiger partial charge in [0, 0.05) is 17.7 Å². The smallest absolute Gasteiger partial charge is 0.267 e. The number of hydrazone groups is 1. The molecule has 0 aliphatic carbocycles. The number of benzene rings is 3. The minimum Gasteiger partial charge on any atom is -0.267 e. The quantitative estimate of drug-likeness (QED) is 0.254. The number of hydrogen-bond acceptors (Lipinski definition) is 6. The minimum atomic E-state index is -0.533. The van der Waals surface area contributed by atoms with E-state index in [1.165, 1.54) is 40.6 Å². The van der Waals surface area contributed by atoms with Crippen LogP contribution < -0.4 is 5.01 Å². The van der Waals surface area contributed by atoms with Gasteiger partial charge in [0.1, 0.15) is 0 Å². The summed E-state index contributed by atoms with van der Waals surface area (Å²) in [5.74, 6) is -0.498. The van der Waals surface area contributed by atoms with Gasteiger partial charge in [-0.1, -0.05) is 53.8 Å². The Kier molecular flexibility index (Phi) is 5.32. The predicted octanol–water partition coefficient (Wildman–Crippen LogP) is 5.19. The molecule has 148 valence electrons. The molecule has 0 aliphatic heterocycles. The summed E-state index contributed by atoms with van der Waals surface area (Å²) in [5.41, 5.74) is 2.65. The highest BCUT2D eigenvalue weighted by Crippen LogP contribution is 2.31. The van der Waals surface area contributed by atoms with Gasteiger partial charge in [-0.3, -0.25) is 14.9 Å². The van der Waals surface area contributed by atoms with Crippen LogP contribution in [-0.2, 0) is 0 Å². The van der Waals surface area contributed by atoms with Crippen molar-refractivity contribution >= 4 is 44.5 Å². The van der Waals surface area contributed by atoms with Gasteiger partial charge in [0.05, 0.1) is 21.4 Å². The number of hydrogen-bond donors (Lipinski definition) is 0. The van der Waals surface area contributed by atoms with Crippen molar-refractivity contribution < 1.29 is 9.72 Å². The second-order valence-electron chi connectivity index (χ2n) is 6.55. The molecular formula is C22H16N4O3S. The Bertz CT molecular complexity index is 1270. The maximum atomic E-state index is 13.2. The van der Waals surface area contributed by atoms with Crippen LogP contribution in [0.4, 0.5) is 10.8 Å². The minimum absolute atomic E-state index is 0.157. The molecule has 0 unspecified atom stereocenters. The van der Waals surface area contributed by atoms with Crippen molar-refractivity contribution in [2.75, 3.05) is 5.01 Å². The number of thiazole rings is 1.